The fourth-order valence-electron chi connectivity index (χ4n) is 2.41. The molecule has 3 heteroatoms. The largest absolute Gasteiger partial charge is 0.494 e. The van der Waals surface area contributed by atoms with E-state index in [1.165, 1.54) is 21.0 Å². The number of thiophene rings is 1. The van der Waals surface area contributed by atoms with Crippen LogP contribution >= 0.6 is 11.3 Å². The molecule has 1 unspecified atom stereocenters. The lowest BCUT2D eigenvalue weighted by Gasteiger charge is -2.08. The lowest BCUT2D eigenvalue weighted by Crippen LogP contribution is -2.02. The van der Waals surface area contributed by atoms with E-state index in [1.54, 1.807) is 0 Å². The summed E-state index contributed by atoms with van der Waals surface area (Å²) < 4.78 is 5.55. The highest BCUT2D eigenvalue weighted by Crippen LogP contribution is 2.38. The highest BCUT2D eigenvalue weighted by molar-refractivity contribution is 7.12. The molecule has 3 rings (SSSR count). The lowest BCUT2D eigenvalue weighted by molar-refractivity contribution is 0.340. The summed E-state index contributed by atoms with van der Waals surface area (Å²) in [6.07, 6.45) is 1.05. The molecule has 2 heterocycles. The van der Waals surface area contributed by atoms with Gasteiger partial charge in [-0.25, -0.2) is 0 Å². The van der Waals surface area contributed by atoms with Crippen LogP contribution in [0.1, 0.15) is 28.3 Å². The third-order valence-electron chi connectivity index (χ3n) is 3.25. The van der Waals surface area contributed by atoms with E-state index in [2.05, 4.69) is 36.5 Å². The molecule has 1 N–H and O–H groups in total. The summed E-state index contributed by atoms with van der Waals surface area (Å²) in [5, 5.41) is 3.59. The molecule has 0 saturated carbocycles. The summed E-state index contributed by atoms with van der Waals surface area (Å²) in [6, 6.07) is 11.2. The van der Waals surface area contributed by atoms with Crippen LogP contribution in [0.15, 0.2) is 30.3 Å². The maximum Gasteiger partial charge on any atom is 0.119 e. The van der Waals surface area contributed by atoms with Gasteiger partial charge in [0.15, 0.2) is 0 Å². The fourth-order valence-corrected chi connectivity index (χ4v) is 3.34. The van der Waals surface area contributed by atoms with Crippen LogP contribution in [-0.4, -0.2) is 6.61 Å². The molecule has 1 aromatic carbocycles. The predicted octanol–water partition coefficient (Wildman–Crippen LogP) is 4.16. The Labute approximate surface area is 112 Å². The van der Waals surface area contributed by atoms with E-state index in [0.717, 1.165) is 18.8 Å². The van der Waals surface area contributed by atoms with Crippen molar-refractivity contribution in [1.29, 1.82) is 0 Å². The van der Waals surface area contributed by atoms with Gasteiger partial charge in [-0.15, -0.1) is 11.3 Å². The Morgan fingerprint density at radius 1 is 1.33 bits per heavy atom. The molecule has 0 amide bonds. The third kappa shape index (κ3) is 2.10. The molecular formula is C15H17NOS. The molecule has 1 aliphatic heterocycles. The Hall–Kier alpha value is -1.48. The Balaban J connectivity index is 1.82. The molecule has 0 aliphatic carbocycles. The second-order valence-electron chi connectivity index (χ2n) is 4.60. The summed E-state index contributed by atoms with van der Waals surface area (Å²) in [5.74, 6) is 0.973. The van der Waals surface area contributed by atoms with Gasteiger partial charge in [0.05, 0.1) is 12.6 Å². The smallest absolute Gasteiger partial charge is 0.119 e. The van der Waals surface area contributed by atoms with Crippen LogP contribution < -0.4 is 10.1 Å². The normalized spacial score (nSPS) is 17.3. The SMILES string of the molecule is CCOc1ccc2c(c1)CC(c1ccc(C)s1)N2. The van der Waals surface area contributed by atoms with Crippen molar-refractivity contribution in [3.63, 3.8) is 0 Å². The van der Waals surface area contributed by atoms with Crippen LogP contribution in [-0.2, 0) is 6.42 Å². The number of hydrogen-bond donors (Lipinski definition) is 1. The standard InChI is InChI=1S/C15H17NOS/c1-3-17-12-5-6-13-11(8-12)9-14(16-13)15-7-4-10(2)18-15/h4-8,14,16H,3,9H2,1-2H3. The monoisotopic (exact) mass is 259 g/mol. The van der Waals surface area contributed by atoms with Gasteiger partial charge in [0.2, 0.25) is 0 Å². The van der Waals surface area contributed by atoms with Crippen molar-refractivity contribution in [2.24, 2.45) is 0 Å². The first-order chi connectivity index (χ1) is 8.76. The topological polar surface area (TPSA) is 21.3 Å². The summed E-state index contributed by atoms with van der Waals surface area (Å²) in [5.41, 5.74) is 2.60. The number of nitrogens with one attached hydrogen (secondary N) is 1. The number of ether oxygens (including phenoxy) is 1. The van der Waals surface area contributed by atoms with Gasteiger partial charge in [0, 0.05) is 15.4 Å². The molecule has 0 radical (unpaired) electrons. The van der Waals surface area contributed by atoms with Gasteiger partial charge >= 0.3 is 0 Å². The first kappa shape index (κ1) is 11.6. The van der Waals surface area contributed by atoms with Crippen LogP contribution in [0.2, 0.25) is 0 Å². The molecule has 1 aromatic heterocycles. The first-order valence-corrected chi connectivity index (χ1v) is 7.16. The Kier molecular flexibility index (Phi) is 3.00. The van der Waals surface area contributed by atoms with Crippen LogP contribution in [0.5, 0.6) is 5.75 Å². The van der Waals surface area contributed by atoms with Crippen LogP contribution in [0.4, 0.5) is 5.69 Å². The van der Waals surface area contributed by atoms with Crippen LogP contribution in [0.3, 0.4) is 0 Å². The summed E-state index contributed by atoms with van der Waals surface area (Å²) in [6.45, 7) is 4.89. The summed E-state index contributed by atoms with van der Waals surface area (Å²) in [4.78, 5) is 2.79. The van der Waals surface area contributed by atoms with E-state index in [9.17, 15) is 0 Å². The average molecular weight is 259 g/mol. The van der Waals surface area contributed by atoms with Gasteiger partial charge in [0.1, 0.15) is 5.75 Å². The predicted molar refractivity (Wildman–Crippen MR) is 76.7 cm³/mol. The maximum atomic E-state index is 5.55. The molecular weight excluding hydrogens is 242 g/mol. The third-order valence-corrected chi connectivity index (χ3v) is 4.36. The molecule has 18 heavy (non-hydrogen) atoms. The number of anilines is 1. The quantitative estimate of drug-likeness (QED) is 0.893. The molecule has 0 bridgehead atoms. The molecule has 0 spiro atoms. The maximum absolute atomic E-state index is 5.55. The minimum Gasteiger partial charge on any atom is -0.494 e. The first-order valence-electron chi connectivity index (χ1n) is 6.35. The number of aryl methyl sites for hydroxylation is 1. The Morgan fingerprint density at radius 2 is 2.22 bits per heavy atom. The van der Waals surface area contributed by atoms with E-state index < -0.39 is 0 Å². The summed E-state index contributed by atoms with van der Waals surface area (Å²) >= 11 is 1.88. The van der Waals surface area contributed by atoms with Crippen LogP contribution in [0, 0.1) is 6.92 Å². The van der Waals surface area contributed by atoms with Crippen molar-refractivity contribution in [3.8, 4) is 5.75 Å². The molecule has 94 valence electrons. The molecule has 2 aromatic rings. The van der Waals surface area contributed by atoms with Gasteiger partial charge in [-0.3, -0.25) is 0 Å². The number of rotatable bonds is 3. The second kappa shape index (κ2) is 4.65. The van der Waals surface area contributed by atoms with Crippen molar-refractivity contribution in [1.82, 2.24) is 0 Å². The zero-order valence-electron chi connectivity index (χ0n) is 10.7. The van der Waals surface area contributed by atoms with Gasteiger partial charge in [0.25, 0.3) is 0 Å². The lowest BCUT2D eigenvalue weighted by atomic mass is 10.1. The fraction of sp³-hybridized carbons (Fsp3) is 0.333. The Bertz CT molecular complexity index is 561. The van der Waals surface area contributed by atoms with Crippen molar-refractivity contribution in [2.75, 3.05) is 11.9 Å². The molecule has 1 atom stereocenters. The van der Waals surface area contributed by atoms with Crippen molar-refractivity contribution >= 4 is 17.0 Å². The number of fused-ring (bicyclic) bond motifs is 1. The van der Waals surface area contributed by atoms with E-state index >= 15 is 0 Å². The molecule has 0 saturated heterocycles. The van der Waals surface area contributed by atoms with E-state index in [1.807, 2.05) is 24.3 Å². The van der Waals surface area contributed by atoms with Gasteiger partial charge in [-0.1, -0.05) is 0 Å². The zero-order chi connectivity index (χ0) is 12.5. The van der Waals surface area contributed by atoms with Crippen molar-refractivity contribution in [2.45, 2.75) is 26.3 Å². The highest BCUT2D eigenvalue weighted by Gasteiger charge is 2.23. The van der Waals surface area contributed by atoms with Crippen molar-refractivity contribution in [3.05, 3.63) is 45.6 Å². The number of benzene rings is 1. The van der Waals surface area contributed by atoms with Gasteiger partial charge in [-0.2, -0.15) is 0 Å². The minimum absolute atomic E-state index is 0.426. The van der Waals surface area contributed by atoms with Gasteiger partial charge < -0.3 is 10.1 Å². The van der Waals surface area contributed by atoms with E-state index in [-0.39, 0.29) is 0 Å². The summed E-state index contributed by atoms with van der Waals surface area (Å²) in [7, 11) is 0. The van der Waals surface area contributed by atoms with Crippen LogP contribution in [0.25, 0.3) is 0 Å². The molecule has 2 nitrogen and oxygen atoms in total. The highest BCUT2D eigenvalue weighted by atomic mass is 32.1. The second-order valence-corrected chi connectivity index (χ2v) is 5.92. The number of hydrogen-bond acceptors (Lipinski definition) is 3. The van der Waals surface area contributed by atoms with Gasteiger partial charge in [-0.05, 0) is 56.2 Å². The minimum atomic E-state index is 0.426. The van der Waals surface area contributed by atoms with E-state index in [0.29, 0.717) is 6.04 Å². The van der Waals surface area contributed by atoms with Crippen molar-refractivity contribution < 1.29 is 4.74 Å². The molecule has 1 aliphatic rings. The van der Waals surface area contributed by atoms with E-state index in [4.69, 9.17) is 4.74 Å². The average Bonchev–Trinajstić information content (AvgIpc) is 2.94. The molecule has 0 fully saturated rings. The zero-order valence-corrected chi connectivity index (χ0v) is 11.5. The Morgan fingerprint density at radius 3 is 2.94 bits per heavy atom.